The van der Waals surface area contributed by atoms with Gasteiger partial charge in [0.25, 0.3) is 0 Å². The molecule has 2 heterocycles. The first-order chi connectivity index (χ1) is 13.9. The van der Waals surface area contributed by atoms with Crippen LogP contribution in [0.15, 0.2) is 47.4 Å². The smallest absolute Gasteiger partial charge is 0.246 e. The van der Waals surface area contributed by atoms with E-state index >= 15 is 0 Å². The number of anilines is 1. The van der Waals surface area contributed by atoms with Gasteiger partial charge >= 0.3 is 0 Å². The van der Waals surface area contributed by atoms with E-state index in [9.17, 15) is 13.2 Å². The summed E-state index contributed by atoms with van der Waals surface area (Å²) in [4.78, 5) is 15.2. The van der Waals surface area contributed by atoms with Crippen LogP contribution >= 0.6 is 11.7 Å². The highest BCUT2D eigenvalue weighted by Crippen LogP contribution is 2.31. The second kappa shape index (κ2) is 7.81. The van der Waals surface area contributed by atoms with Crippen molar-refractivity contribution in [3.8, 4) is 0 Å². The zero-order valence-electron chi connectivity index (χ0n) is 16.3. The Morgan fingerprint density at radius 3 is 2.79 bits per heavy atom. The number of carbonyl (C=O) groups excluding carboxylic acids is 1. The van der Waals surface area contributed by atoms with E-state index in [0.717, 1.165) is 23.0 Å². The predicted octanol–water partition coefficient (Wildman–Crippen LogP) is 3.21. The third-order valence-corrected chi connectivity index (χ3v) is 7.70. The molecule has 1 atom stereocenters. The summed E-state index contributed by atoms with van der Waals surface area (Å²) in [6.07, 6.45) is 1.15. The molecule has 3 aromatic rings. The van der Waals surface area contributed by atoms with Gasteiger partial charge in [-0.2, -0.15) is 13.1 Å². The lowest BCUT2D eigenvalue weighted by molar-refractivity contribution is -0.121. The maximum Gasteiger partial charge on any atom is 0.246 e. The molecule has 4 rings (SSSR count). The number of aromatic nitrogens is 2. The largest absolute Gasteiger partial charge is 0.311 e. The van der Waals surface area contributed by atoms with Crippen LogP contribution in [-0.2, 0) is 14.8 Å². The Hall–Kier alpha value is -2.36. The topological polar surface area (TPSA) is 83.5 Å². The van der Waals surface area contributed by atoms with Gasteiger partial charge < -0.3 is 4.90 Å². The van der Waals surface area contributed by atoms with Crippen molar-refractivity contribution in [2.45, 2.75) is 37.6 Å². The molecule has 1 saturated heterocycles. The van der Waals surface area contributed by atoms with Crippen LogP contribution in [0, 0.1) is 6.92 Å². The quantitative estimate of drug-likeness (QED) is 0.621. The monoisotopic (exact) mass is 430 g/mol. The van der Waals surface area contributed by atoms with Crippen molar-refractivity contribution in [3.05, 3.63) is 48.0 Å². The molecule has 9 heteroatoms. The van der Waals surface area contributed by atoms with Crippen molar-refractivity contribution >= 4 is 44.4 Å². The highest BCUT2D eigenvalue weighted by atomic mass is 32.2. The molecule has 0 aliphatic carbocycles. The van der Waals surface area contributed by atoms with E-state index in [4.69, 9.17) is 0 Å². The Bertz CT molecular complexity index is 1160. The third-order valence-electron chi connectivity index (χ3n) is 5.22. The van der Waals surface area contributed by atoms with Gasteiger partial charge in [-0.15, -0.1) is 0 Å². The van der Waals surface area contributed by atoms with E-state index in [2.05, 4.69) is 8.75 Å². The van der Waals surface area contributed by atoms with Gasteiger partial charge in [0.15, 0.2) is 0 Å². The number of sulfonamides is 1. The normalized spacial score (nSPS) is 17.7. The fourth-order valence-corrected chi connectivity index (χ4v) is 6.24. The van der Waals surface area contributed by atoms with E-state index < -0.39 is 16.1 Å². The molecular weight excluding hydrogens is 408 g/mol. The van der Waals surface area contributed by atoms with Crippen molar-refractivity contribution < 1.29 is 13.2 Å². The van der Waals surface area contributed by atoms with Crippen molar-refractivity contribution in [1.29, 1.82) is 0 Å². The van der Waals surface area contributed by atoms with Gasteiger partial charge in [-0.1, -0.05) is 18.2 Å². The molecule has 1 aliphatic heterocycles. The molecule has 0 N–H and O–H groups in total. The first-order valence-corrected chi connectivity index (χ1v) is 11.7. The zero-order valence-corrected chi connectivity index (χ0v) is 17.9. The van der Waals surface area contributed by atoms with Crippen LogP contribution in [0.25, 0.3) is 11.0 Å². The molecule has 1 fully saturated rings. The number of likely N-dealkylation sites (N-methyl/N-ethyl adjacent to an activating group) is 1. The number of benzene rings is 2. The van der Waals surface area contributed by atoms with Crippen molar-refractivity contribution in [2.24, 2.45) is 0 Å². The van der Waals surface area contributed by atoms with Crippen LogP contribution in [0.3, 0.4) is 0 Å². The lowest BCUT2D eigenvalue weighted by Crippen LogP contribution is -2.48. The first kappa shape index (κ1) is 19.9. The Morgan fingerprint density at radius 2 is 2.03 bits per heavy atom. The molecule has 1 aliphatic rings. The summed E-state index contributed by atoms with van der Waals surface area (Å²) in [7, 11) is -3.87. The number of carbonyl (C=O) groups is 1. The number of aryl methyl sites for hydroxylation is 1. The van der Waals surface area contributed by atoms with E-state index in [0.29, 0.717) is 37.0 Å². The van der Waals surface area contributed by atoms with E-state index in [1.54, 1.807) is 17.0 Å². The van der Waals surface area contributed by atoms with Crippen LogP contribution < -0.4 is 4.90 Å². The second-order valence-electron chi connectivity index (χ2n) is 7.08. The second-order valence-corrected chi connectivity index (χ2v) is 9.47. The van der Waals surface area contributed by atoms with Gasteiger partial charge in [0.05, 0.1) is 11.7 Å². The molecule has 1 amide bonds. The van der Waals surface area contributed by atoms with Crippen LogP contribution in [-0.4, -0.2) is 46.5 Å². The lowest BCUT2D eigenvalue weighted by Gasteiger charge is -2.29. The number of fused-ring (bicyclic) bond motifs is 1. The molecule has 7 nitrogen and oxygen atoms in total. The highest BCUT2D eigenvalue weighted by molar-refractivity contribution is 7.89. The summed E-state index contributed by atoms with van der Waals surface area (Å²) >= 11 is 0.982. The van der Waals surface area contributed by atoms with Crippen molar-refractivity contribution in [1.82, 2.24) is 13.1 Å². The summed E-state index contributed by atoms with van der Waals surface area (Å²) in [5, 5.41) is 0. The van der Waals surface area contributed by atoms with Gasteiger partial charge in [-0.05, 0) is 56.5 Å². The SMILES string of the molecule is CCN(C(=O)[C@@H]1CCCN1S(=O)(=O)c1cccc2nsnc12)c1cccc(C)c1. The molecule has 0 unspecified atom stereocenters. The minimum absolute atomic E-state index is 0.113. The molecule has 0 spiro atoms. The first-order valence-electron chi connectivity index (χ1n) is 9.54. The van der Waals surface area contributed by atoms with Gasteiger partial charge in [-0.3, -0.25) is 4.79 Å². The van der Waals surface area contributed by atoms with Gasteiger partial charge in [-0.25, -0.2) is 8.42 Å². The van der Waals surface area contributed by atoms with E-state index in [1.165, 1.54) is 10.4 Å². The Morgan fingerprint density at radius 1 is 1.24 bits per heavy atom. The molecular formula is C20H22N4O3S2. The molecule has 2 aromatic carbocycles. The lowest BCUT2D eigenvalue weighted by atomic mass is 10.1. The maximum absolute atomic E-state index is 13.5. The van der Waals surface area contributed by atoms with Crippen LogP contribution in [0.2, 0.25) is 0 Å². The summed E-state index contributed by atoms with van der Waals surface area (Å²) < 4.78 is 36.5. The standard InChI is InChI=1S/C20H22N4O3S2/c1-3-23(15-8-4-7-14(2)13-15)20(25)17-10-6-12-24(17)29(26,27)18-11-5-9-16-19(18)22-28-21-16/h4-5,7-9,11,13,17H,3,6,10,12H2,1-2H3/t17-/m0/s1. The van der Waals surface area contributed by atoms with Gasteiger partial charge in [0.1, 0.15) is 22.0 Å². The van der Waals surface area contributed by atoms with Gasteiger partial charge in [0, 0.05) is 18.8 Å². The van der Waals surface area contributed by atoms with Crippen LogP contribution in [0.4, 0.5) is 5.69 Å². The Labute approximate surface area is 174 Å². The fourth-order valence-electron chi connectivity index (χ4n) is 3.83. The Balaban J connectivity index is 1.70. The van der Waals surface area contributed by atoms with Crippen LogP contribution in [0.1, 0.15) is 25.3 Å². The number of hydrogen-bond acceptors (Lipinski definition) is 6. The molecule has 0 bridgehead atoms. The average molecular weight is 431 g/mol. The molecule has 0 radical (unpaired) electrons. The van der Waals surface area contributed by atoms with Crippen LogP contribution in [0.5, 0.6) is 0 Å². The van der Waals surface area contributed by atoms with E-state index in [-0.39, 0.29) is 10.8 Å². The van der Waals surface area contributed by atoms with Crippen molar-refractivity contribution in [3.63, 3.8) is 0 Å². The molecule has 29 heavy (non-hydrogen) atoms. The molecule has 1 aromatic heterocycles. The predicted molar refractivity (Wildman–Crippen MR) is 114 cm³/mol. The number of hydrogen-bond donors (Lipinski definition) is 0. The van der Waals surface area contributed by atoms with Crippen molar-refractivity contribution in [2.75, 3.05) is 18.0 Å². The third kappa shape index (κ3) is 3.54. The fraction of sp³-hybridized carbons (Fsp3) is 0.350. The minimum Gasteiger partial charge on any atom is -0.311 e. The minimum atomic E-state index is -3.87. The summed E-state index contributed by atoms with van der Waals surface area (Å²) in [5.41, 5.74) is 2.75. The highest BCUT2D eigenvalue weighted by Gasteiger charge is 2.42. The molecule has 0 saturated carbocycles. The average Bonchev–Trinajstić information content (AvgIpc) is 3.38. The number of amides is 1. The Kier molecular flexibility index (Phi) is 5.37. The molecule has 152 valence electrons. The maximum atomic E-state index is 13.5. The summed E-state index contributed by atoms with van der Waals surface area (Å²) in [6.45, 7) is 4.66. The summed E-state index contributed by atoms with van der Waals surface area (Å²) in [6, 6.07) is 11.9. The van der Waals surface area contributed by atoms with E-state index in [1.807, 2.05) is 38.1 Å². The number of nitrogens with zero attached hydrogens (tertiary/aromatic N) is 4. The summed E-state index contributed by atoms with van der Waals surface area (Å²) in [5.74, 6) is -0.192. The van der Waals surface area contributed by atoms with Gasteiger partial charge in [0.2, 0.25) is 15.9 Å². The number of rotatable bonds is 5. The zero-order chi connectivity index (χ0) is 20.6.